The van der Waals surface area contributed by atoms with Crippen LogP contribution in [0.1, 0.15) is 0 Å². The molecule has 0 bridgehead atoms. The molecule has 1 rings (SSSR count). The van der Waals surface area contributed by atoms with Crippen molar-refractivity contribution in [2.24, 2.45) is 0 Å². The summed E-state index contributed by atoms with van der Waals surface area (Å²) in [4.78, 5) is 0. The van der Waals surface area contributed by atoms with E-state index in [9.17, 15) is 0 Å². The molecule has 0 spiro atoms. The molecule has 0 amide bonds. The van der Waals surface area contributed by atoms with E-state index < -0.39 is 0 Å². The van der Waals surface area contributed by atoms with Gasteiger partial charge in [-0.3, -0.25) is 0 Å². The molecule has 0 saturated heterocycles. The molecular weight excluding hydrogens is 191 g/mol. The zero-order chi connectivity index (χ0) is 6.24. The molecule has 0 saturated carbocycles. The second-order valence-corrected chi connectivity index (χ2v) is 1.08. The summed E-state index contributed by atoms with van der Waals surface area (Å²) < 4.78 is 0. The minimum absolute atomic E-state index is 0. The van der Waals surface area contributed by atoms with Gasteiger partial charge in [-0.1, -0.05) is 0 Å². The van der Waals surface area contributed by atoms with E-state index in [0.29, 0.717) is 0 Å². The van der Waals surface area contributed by atoms with E-state index in [1.54, 1.807) is 0 Å². The van der Waals surface area contributed by atoms with Crippen molar-refractivity contribution in [2.75, 3.05) is 0 Å². The molecule has 0 aromatic heterocycles. The third kappa shape index (κ3) is 8.24. The SMILES string of the molecule is [NH-]O.[Y].[c-]1ccccc1. The van der Waals surface area contributed by atoms with Crippen LogP contribution in [0.5, 0.6) is 0 Å². The van der Waals surface area contributed by atoms with Gasteiger partial charge in [-0.15, -0.1) is 0 Å². The Hall–Kier alpha value is 0.244. The van der Waals surface area contributed by atoms with Gasteiger partial charge in [-0.25, -0.2) is 0 Å². The van der Waals surface area contributed by atoms with Crippen LogP contribution in [0.3, 0.4) is 0 Å². The van der Waals surface area contributed by atoms with E-state index in [1.807, 2.05) is 30.3 Å². The number of hydrogen-bond acceptors (Lipinski definition) is 1. The first-order valence-electron chi connectivity index (χ1n) is 2.13. The van der Waals surface area contributed by atoms with Gasteiger partial charge in [-0.05, 0) is 0 Å². The molecule has 9 heavy (non-hydrogen) atoms. The summed E-state index contributed by atoms with van der Waals surface area (Å²) in [5.41, 5.74) is 0. The van der Waals surface area contributed by atoms with Crippen LogP contribution >= 0.6 is 0 Å². The smallest absolute Gasteiger partial charge is 0 e. The Labute approximate surface area is 79.9 Å². The van der Waals surface area contributed by atoms with Crippen LogP contribution in [0.15, 0.2) is 30.3 Å². The summed E-state index contributed by atoms with van der Waals surface area (Å²) in [7, 11) is 0. The summed E-state index contributed by atoms with van der Waals surface area (Å²) in [6.07, 6.45) is 0. The van der Waals surface area contributed by atoms with E-state index >= 15 is 0 Å². The van der Waals surface area contributed by atoms with E-state index in [-0.39, 0.29) is 32.7 Å². The van der Waals surface area contributed by atoms with Crippen molar-refractivity contribution < 1.29 is 37.9 Å². The van der Waals surface area contributed by atoms with Gasteiger partial charge >= 0.3 is 0 Å². The normalized spacial score (nSPS) is 6.00. The number of hydrogen-bond donors (Lipinski definition) is 1. The van der Waals surface area contributed by atoms with Gasteiger partial charge in [0, 0.05) is 32.7 Å². The number of benzene rings is 1. The van der Waals surface area contributed by atoms with Crippen LogP contribution in [0.4, 0.5) is 0 Å². The van der Waals surface area contributed by atoms with Crippen molar-refractivity contribution in [3.63, 3.8) is 0 Å². The Kier molecular flexibility index (Phi) is 14.8. The van der Waals surface area contributed by atoms with Crippen molar-refractivity contribution in [2.45, 2.75) is 0 Å². The molecule has 0 atom stereocenters. The molecule has 3 heteroatoms. The van der Waals surface area contributed by atoms with Crippen LogP contribution in [0.2, 0.25) is 0 Å². The molecule has 47 valence electrons. The fourth-order valence-corrected chi connectivity index (χ4v) is 0.342. The topological polar surface area (TPSA) is 44.0 Å². The second-order valence-electron chi connectivity index (χ2n) is 1.08. The molecule has 1 radical (unpaired) electrons. The van der Waals surface area contributed by atoms with Crippen LogP contribution in [0.25, 0.3) is 5.90 Å². The Morgan fingerprint density at radius 2 is 1.44 bits per heavy atom. The van der Waals surface area contributed by atoms with Gasteiger partial charge in [0.1, 0.15) is 0 Å². The van der Waals surface area contributed by atoms with Gasteiger partial charge in [-0.2, -0.15) is 36.4 Å². The zero-order valence-corrected chi connectivity index (χ0v) is 7.75. The monoisotopic (exact) mass is 198 g/mol. The molecule has 1 aromatic carbocycles. The zero-order valence-electron chi connectivity index (χ0n) is 4.91. The molecule has 0 unspecified atom stereocenters. The fraction of sp³-hybridized carbons (Fsp3) is 0. The summed E-state index contributed by atoms with van der Waals surface area (Å²) in [6.45, 7) is 0. The Bertz CT molecular complexity index is 85.0. The maximum atomic E-state index is 6.25. The maximum absolute atomic E-state index is 6.25. The fourth-order valence-electron chi connectivity index (χ4n) is 0.342. The predicted octanol–water partition coefficient (Wildman–Crippen LogP) is 1.91. The van der Waals surface area contributed by atoms with Crippen molar-refractivity contribution in [1.29, 1.82) is 0 Å². The quantitative estimate of drug-likeness (QED) is 0.502. The Balaban J connectivity index is 0. The van der Waals surface area contributed by atoms with Crippen LogP contribution < -0.4 is 0 Å². The molecule has 0 aliphatic rings. The molecule has 2 nitrogen and oxygen atoms in total. The largest absolute Gasteiger partial charge is 0.553 e. The van der Waals surface area contributed by atoms with Crippen LogP contribution in [-0.2, 0) is 32.7 Å². The van der Waals surface area contributed by atoms with Gasteiger partial charge in [0.2, 0.25) is 0 Å². The van der Waals surface area contributed by atoms with Gasteiger partial charge in [0.15, 0.2) is 0 Å². The summed E-state index contributed by atoms with van der Waals surface area (Å²) >= 11 is 0. The van der Waals surface area contributed by atoms with E-state index in [1.165, 1.54) is 0 Å². The second kappa shape index (κ2) is 11.1. The van der Waals surface area contributed by atoms with Crippen LogP contribution in [0, 0.1) is 6.07 Å². The minimum Gasteiger partial charge on any atom is -0.553 e. The minimum atomic E-state index is 0. The van der Waals surface area contributed by atoms with Gasteiger partial charge < -0.3 is 11.1 Å². The maximum Gasteiger partial charge on any atom is 0 e. The van der Waals surface area contributed by atoms with Crippen molar-refractivity contribution in [3.8, 4) is 0 Å². The van der Waals surface area contributed by atoms with E-state index in [4.69, 9.17) is 11.1 Å². The summed E-state index contributed by atoms with van der Waals surface area (Å²) in [6, 6.07) is 12.5. The van der Waals surface area contributed by atoms with Crippen LogP contribution in [-0.4, -0.2) is 5.21 Å². The van der Waals surface area contributed by atoms with E-state index in [0.717, 1.165) is 0 Å². The Morgan fingerprint density at radius 1 is 1.00 bits per heavy atom. The molecule has 2 N–H and O–H groups in total. The number of rotatable bonds is 0. The van der Waals surface area contributed by atoms with Crippen molar-refractivity contribution in [1.82, 2.24) is 0 Å². The average molecular weight is 198 g/mol. The summed E-state index contributed by atoms with van der Waals surface area (Å²) in [5, 5.41) is 6.25. The molecule has 0 heterocycles. The number of nitrogens with one attached hydrogen (secondary N) is 1. The first kappa shape index (κ1) is 12.0. The van der Waals surface area contributed by atoms with Gasteiger partial charge in [0.25, 0.3) is 0 Å². The third-order valence-electron chi connectivity index (χ3n) is 0.607. The predicted molar refractivity (Wildman–Crippen MR) is 31.4 cm³/mol. The third-order valence-corrected chi connectivity index (χ3v) is 0.607. The van der Waals surface area contributed by atoms with E-state index in [2.05, 4.69) is 6.07 Å². The Morgan fingerprint density at radius 3 is 1.56 bits per heavy atom. The van der Waals surface area contributed by atoms with Crippen molar-refractivity contribution >= 4 is 0 Å². The molecule has 0 fully saturated rings. The first-order chi connectivity index (χ1) is 4.00. The molecule has 1 aromatic rings. The standard InChI is InChI=1S/C6H5.H2NO.Y/c1-2-4-6-5-3-1;1-2;/h1-5H;1-2H;/q2*-1;. The first-order valence-corrected chi connectivity index (χ1v) is 2.13. The molecular formula is C6H7NOY-2. The van der Waals surface area contributed by atoms with Gasteiger partial charge in [0.05, 0.1) is 0 Å². The molecule has 0 aliphatic carbocycles. The van der Waals surface area contributed by atoms with Crippen molar-refractivity contribution in [3.05, 3.63) is 42.3 Å². The summed E-state index contributed by atoms with van der Waals surface area (Å²) in [5.74, 6) is 4.75. The average Bonchev–Trinajstić information content (AvgIpc) is 1.96. The molecule has 0 aliphatic heterocycles.